The number of ether oxygens (including phenoxy) is 3. The van der Waals surface area contributed by atoms with Gasteiger partial charge in [-0.25, -0.2) is 0 Å². The lowest BCUT2D eigenvalue weighted by atomic mass is 9.99. The van der Waals surface area contributed by atoms with Gasteiger partial charge in [0.1, 0.15) is 12.2 Å². The first-order chi connectivity index (χ1) is 10.5. The molecule has 0 spiro atoms. The van der Waals surface area contributed by atoms with Crippen LogP contribution < -0.4 is 0 Å². The fraction of sp³-hybridized carbons (Fsp3) is 0.474. The van der Waals surface area contributed by atoms with Gasteiger partial charge in [0.15, 0.2) is 5.79 Å². The van der Waals surface area contributed by atoms with Crippen LogP contribution in [0.5, 0.6) is 0 Å². The average molecular weight is 298 g/mol. The maximum absolute atomic E-state index is 6.09. The topological polar surface area (TPSA) is 27.7 Å². The van der Waals surface area contributed by atoms with E-state index in [1.54, 1.807) is 0 Å². The Bertz CT molecular complexity index is 694. The van der Waals surface area contributed by atoms with Crippen molar-refractivity contribution < 1.29 is 14.2 Å². The molecule has 2 heterocycles. The first-order valence-corrected chi connectivity index (χ1v) is 8.01. The van der Waals surface area contributed by atoms with Crippen LogP contribution in [0.25, 0.3) is 10.8 Å². The highest BCUT2D eigenvalue weighted by Crippen LogP contribution is 2.39. The molecule has 0 amide bonds. The van der Waals surface area contributed by atoms with Crippen LogP contribution in [0.2, 0.25) is 0 Å². The molecule has 22 heavy (non-hydrogen) atoms. The van der Waals surface area contributed by atoms with E-state index in [1.165, 1.54) is 16.3 Å². The molecule has 0 bridgehead atoms. The second-order valence-electron chi connectivity index (χ2n) is 6.83. The fourth-order valence-electron chi connectivity index (χ4n) is 3.66. The van der Waals surface area contributed by atoms with E-state index in [1.807, 2.05) is 13.8 Å². The van der Waals surface area contributed by atoms with Gasteiger partial charge in [-0.15, -0.1) is 0 Å². The van der Waals surface area contributed by atoms with Crippen molar-refractivity contribution in [3.63, 3.8) is 0 Å². The second kappa shape index (κ2) is 5.05. The van der Waals surface area contributed by atoms with Crippen molar-refractivity contribution in [3.8, 4) is 0 Å². The summed E-state index contributed by atoms with van der Waals surface area (Å²) in [7, 11) is 0. The molecule has 2 saturated heterocycles. The summed E-state index contributed by atoms with van der Waals surface area (Å²) in [5.74, 6) is -0.505. The smallest absolute Gasteiger partial charge is 0.164 e. The molecule has 0 unspecified atom stereocenters. The Kier molecular flexibility index (Phi) is 3.26. The molecule has 0 radical (unpaired) electrons. The minimum atomic E-state index is -0.505. The molecular weight excluding hydrogens is 276 g/mol. The van der Waals surface area contributed by atoms with E-state index in [9.17, 15) is 0 Å². The van der Waals surface area contributed by atoms with Crippen LogP contribution in [0.15, 0.2) is 42.5 Å². The summed E-state index contributed by atoms with van der Waals surface area (Å²) < 4.78 is 18.1. The van der Waals surface area contributed by atoms with Gasteiger partial charge >= 0.3 is 0 Å². The number of hydrogen-bond donors (Lipinski definition) is 0. The molecule has 4 atom stereocenters. The van der Waals surface area contributed by atoms with Crippen LogP contribution in [0, 0.1) is 0 Å². The molecule has 2 aromatic carbocycles. The standard InChI is InChI=1S/C19H22O3/c1-12-17-18(22-19(2,3)21-17)16(20-12)11-13-8-9-14-6-4-5-7-15(14)10-13/h4-10,12,16-18H,11H2,1-3H3/t12-,16-,17+,18-/m1/s1. The van der Waals surface area contributed by atoms with Gasteiger partial charge in [0.25, 0.3) is 0 Å². The predicted octanol–water partition coefficient (Wildman–Crippen LogP) is 3.69. The third kappa shape index (κ3) is 2.43. The van der Waals surface area contributed by atoms with Crippen LogP contribution in [0.1, 0.15) is 26.3 Å². The van der Waals surface area contributed by atoms with E-state index in [0.29, 0.717) is 0 Å². The minimum absolute atomic E-state index is 0.0245. The molecule has 2 fully saturated rings. The lowest BCUT2D eigenvalue weighted by Gasteiger charge is -2.23. The highest BCUT2D eigenvalue weighted by atomic mass is 16.8. The summed E-state index contributed by atoms with van der Waals surface area (Å²) in [6.07, 6.45) is 1.06. The average Bonchev–Trinajstić information content (AvgIpc) is 2.94. The van der Waals surface area contributed by atoms with Crippen molar-refractivity contribution in [2.75, 3.05) is 0 Å². The van der Waals surface area contributed by atoms with Crippen LogP contribution in [-0.2, 0) is 20.6 Å². The van der Waals surface area contributed by atoms with E-state index < -0.39 is 5.79 Å². The Morgan fingerprint density at radius 2 is 1.68 bits per heavy atom. The summed E-state index contributed by atoms with van der Waals surface area (Å²) in [4.78, 5) is 0. The van der Waals surface area contributed by atoms with E-state index in [0.717, 1.165) is 6.42 Å². The first-order valence-electron chi connectivity index (χ1n) is 8.01. The first kappa shape index (κ1) is 14.2. The zero-order chi connectivity index (χ0) is 15.3. The predicted molar refractivity (Wildman–Crippen MR) is 85.8 cm³/mol. The van der Waals surface area contributed by atoms with E-state index in [-0.39, 0.29) is 24.4 Å². The lowest BCUT2D eigenvalue weighted by Crippen LogP contribution is -2.31. The SMILES string of the molecule is C[C@H]1O[C@H](Cc2ccc3ccccc3c2)[C@H]2OC(C)(C)O[C@H]21. The summed E-state index contributed by atoms with van der Waals surface area (Å²) in [5, 5.41) is 2.54. The largest absolute Gasteiger partial charge is 0.369 e. The molecule has 3 heteroatoms. The van der Waals surface area contributed by atoms with Crippen LogP contribution in [0.3, 0.4) is 0 Å². The monoisotopic (exact) mass is 298 g/mol. The van der Waals surface area contributed by atoms with Gasteiger partial charge in [0.2, 0.25) is 0 Å². The van der Waals surface area contributed by atoms with Crippen molar-refractivity contribution >= 4 is 10.8 Å². The second-order valence-corrected chi connectivity index (χ2v) is 6.83. The van der Waals surface area contributed by atoms with Gasteiger partial charge in [0.05, 0.1) is 12.2 Å². The van der Waals surface area contributed by atoms with E-state index in [4.69, 9.17) is 14.2 Å². The maximum atomic E-state index is 6.09. The minimum Gasteiger partial charge on any atom is -0.369 e. The number of rotatable bonds is 2. The molecule has 0 aromatic heterocycles. The molecule has 0 aliphatic carbocycles. The van der Waals surface area contributed by atoms with Gasteiger partial charge in [-0.05, 0) is 37.1 Å². The molecule has 2 aliphatic heterocycles. The van der Waals surface area contributed by atoms with E-state index in [2.05, 4.69) is 49.4 Å². The zero-order valence-electron chi connectivity index (χ0n) is 13.3. The van der Waals surface area contributed by atoms with Gasteiger partial charge in [-0.3, -0.25) is 0 Å². The quantitative estimate of drug-likeness (QED) is 0.846. The summed E-state index contributed by atoms with van der Waals surface area (Å²) >= 11 is 0. The lowest BCUT2D eigenvalue weighted by molar-refractivity contribution is -0.184. The number of fused-ring (bicyclic) bond motifs is 2. The van der Waals surface area contributed by atoms with Crippen molar-refractivity contribution in [2.45, 2.75) is 57.4 Å². The van der Waals surface area contributed by atoms with Gasteiger partial charge < -0.3 is 14.2 Å². The highest BCUT2D eigenvalue weighted by Gasteiger charge is 2.53. The summed E-state index contributed by atoms with van der Waals surface area (Å²) in [6.45, 7) is 6.03. The van der Waals surface area contributed by atoms with Crippen LogP contribution in [0.4, 0.5) is 0 Å². The highest BCUT2D eigenvalue weighted by molar-refractivity contribution is 5.82. The van der Waals surface area contributed by atoms with Gasteiger partial charge in [-0.2, -0.15) is 0 Å². The molecule has 0 N–H and O–H groups in total. The van der Waals surface area contributed by atoms with Gasteiger partial charge in [0, 0.05) is 6.42 Å². The third-order valence-corrected chi connectivity index (χ3v) is 4.63. The Hall–Kier alpha value is -1.42. The molecule has 3 nitrogen and oxygen atoms in total. The van der Waals surface area contributed by atoms with Crippen molar-refractivity contribution in [1.82, 2.24) is 0 Å². The fourth-order valence-corrected chi connectivity index (χ4v) is 3.66. The number of hydrogen-bond acceptors (Lipinski definition) is 3. The Morgan fingerprint density at radius 1 is 0.955 bits per heavy atom. The maximum Gasteiger partial charge on any atom is 0.164 e. The molecule has 4 rings (SSSR count). The Balaban J connectivity index is 1.57. The van der Waals surface area contributed by atoms with Crippen LogP contribution in [-0.4, -0.2) is 30.2 Å². The summed E-state index contributed by atoms with van der Waals surface area (Å²) in [5.41, 5.74) is 1.28. The Morgan fingerprint density at radius 3 is 2.50 bits per heavy atom. The van der Waals surface area contributed by atoms with Crippen molar-refractivity contribution in [2.24, 2.45) is 0 Å². The summed E-state index contributed by atoms with van der Waals surface area (Å²) in [6, 6.07) is 15.0. The molecular formula is C19H22O3. The molecule has 116 valence electrons. The zero-order valence-corrected chi connectivity index (χ0v) is 13.3. The molecule has 2 aromatic rings. The molecule has 2 aliphatic rings. The Labute approximate surface area is 131 Å². The van der Waals surface area contributed by atoms with Crippen molar-refractivity contribution in [3.05, 3.63) is 48.0 Å². The van der Waals surface area contributed by atoms with E-state index >= 15 is 0 Å². The normalized spacial score (nSPS) is 33.2. The molecule has 0 saturated carbocycles. The van der Waals surface area contributed by atoms with Gasteiger partial charge in [-0.1, -0.05) is 42.5 Å². The van der Waals surface area contributed by atoms with Crippen molar-refractivity contribution in [1.29, 1.82) is 0 Å². The third-order valence-electron chi connectivity index (χ3n) is 4.63. The number of benzene rings is 2. The van der Waals surface area contributed by atoms with Crippen LogP contribution >= 0.6 is 0 Å².